The Morgan fingerprint density at radius 1 is 0.923 bits per heavy atom. The molecule has 0 aliphatic heterocycles. The summed E-state index contributed by atoms with van der Waals surface area (Å²) in [5.41, 5.74) is 0.137. The van der Waals surface area contributed by atoms with Crippen LogP contribution in [-0.2, 0) is 0 Å². The van der Waals surface area contributed by atoms with Gasteiger partial charge in [-0.1, -0.05) is 6.07 Å². The van der Waals surface area contributed by atoms with E-state index in [4.69, 9.17) is 5.26 Å². The number of hydrogen-bond donors (Lipinski definition) is 1. The molecule has 0 radical (unpaired) electrons. The maximum atomic E-state index is 13.5. The van der Waals surface area contributed by atoms with E-state index in [0.29, 0.717) is 0 Å². The molecule has 0 saturated carbocycles. The first-order valence-electron chi connectivity index (χ1n) is 6.94. The molecule has 0 spiro atoms. The summed E-state index contributed by atoms with van der Waals surface area (Å²) in [5, 5.41) is 18.5. The fraction of sp³-hybridized carbons (Fsp3) is 0.0625. The van der Waals surface area contributed by atoms with Crippen molar-refractivity contribution in [3.05, 3.63) is 53.7 Å². The number of nitrogens with one attached hydrogen (secondary N) is 1. The zero-order chi connectivity index (χ0) is 18.9. The maximum Gasteiger partial charge on any atom is 0.573 e. The summed E-state index contributed by atoms with van der Waals surface area (Å²) in [5.74, 6) is -2.87. The van der Waals surface area contributed by atoms with Gasteiger partial charge in [-0.2, -0.15) is 15.6 Å². The lowest BCUT2D eigenvalue weighted by atomic mass is 10.0. The fourth-order valence-electron chi connectivity index (χ4n) is 2.28. The van der Waals surface area contributed by atoms with Crippen molar-refractivity contribution >= 4 is 0 Å². The van der Waals surface area contributed by atoms with E-state index in [-0.39, 0.29) is 28.1 Å². The number of H-pyrrole nitrogens is 1. The van der Waals surface area contributed by atoms with Crippen molar-refractivity contribution in [2.24, 2.45) is 0 Å². The summed E-state index contributed by atoms with van der Waals surface area (Å²) < 4.78 is 68.3. The van der Waals surface area contributed by atoms with Crippen LogP contribution in [0.25, 0.3) is 22.4 Å². The molecule has 3 aromatic rings. The molecule has 3 rings (SSSR count). The lowest BCUT2D eigenvalue weighted by Gasteiger charge is -2.12. The molecule has 0 amide bonds. The lowest BCUT2D eigenvalue weighted by Crippen LogP contribution is -2.17. The molecule has 0 saturated heterocycles. The number of aromatic amines is 1. The van der Waals surface area contributed by atoms with E-state index in [1.165, 1.54) is 12.1 Å². The molecule has 0 unspecified atom stereocenters. The van der Waals surface area contributed by atoms with Gasteiger partial charge in [0.05, 0.1) is 0 Å². The third kappa shape index (κ3) is 3.61. The Labute approximate surface area is 142 Å². The van der Waals surface area contributed by atoms with Crippen molar-refractivity contribution in [1.29, 1.82) is 5.26 Å². The van der Waals surface area contributed by atoms with E-state index in [2.05, 4.69) is 20.1 Å². The first-order valence-corrected chi connectivity index (χ1v) is 6.94. The molecule has 0 bridgehead atoms. The standard InChI is InChI=1S/C16H7F5N4O/c17-12-2-1-8(6-13(12)18)9-3-10(15-14(7-22)23-25-24-15)5-11(4-9)26-16(19,20)21/h1-6H,(H,23,24,25). The van der Waals surface area contributed by atoms with Crippen molar-refractivity contribution in [3.63, 3.8) is 0 Å². The Kier molecular flexibility index (Phi) is 4.29. The zero-order valence-electron chi connectivity index (χ0n) is 12.6. The fourth-order valence-corrected chi connectivity index (χ4v) is 2.28. The average molecular weight is 366 g/mol. The van der Waals surface area contributed by atoms with Gasteiger partial charge >= 0.3 is 6.36 Å². The zero-order valence-corrected chi connectivity index (χ0v) is 12.6. The van der Waals surface area contributed by atoms with Gasteiger partial charge in [-0.25, -0.2) is 8.78 Å². The normalized spacial score (nSPS) is 11.2. The summed E-state index contributed by atoms with van der Waals surface area (Å²) in [6, 6.07) is 7.99. The molecule has 132 valence electrons. The molecule has 10 heteroatoms. The predicted octanol–water partition coefficient (Wildman–Crippen LogP) is 4.19. The van der Waals surface area contributed by atoms with Crippen LogP contribution >= 0.6 is 0 Å². The number of nitrogens with zero attached hydrogens (tertiary/aromatic N) is 3. The van der Waals surface area contributed by atoms with Crippen LogP contribution in [0, 0.1) is 23.0 Å². The van der Waals surface area contributed by atoms with Crippen molar-refractivity contribution < 1.29 is 26.7 Å². The van der Waals surface area contributed by atoms with E-state index >= 15 is 0 Å². The van der Waals surface area contributed by atoms with Crippen LogP contribution in [0.2, 0.25) is 0 Å². The van der Waals surface area contributed by atoms with E-state index in [1.807, 2.05) is 0 Å². The van der Waals surface area contributed by atoms with Crippen LogP contribution in [0.4, 0.5) is 22.0 Å². The van der Waals surface area contributed by atoms with Gasteiger partial charge in [-0.05, 0) is 41.5 Å². The first-order chi connectivity index (χ1) is 12.3. The van der Waals surface area contributed by atoms with Crippen molar-refractivity contribution in [2.75, 3.05) is 0 Å². The van der Waals surface area contributed by atoms with Crippen molar-refractivity contribution in [3.8, 4) is 34.2 Å². The smallest absolute Gasteiger partial charge is 0.406 e. The van der Waals surface area contributed by atoms with Gasteiger partial charge in [0.25, 0.3) is 0 Å². The molecule has 1 aromatic heterocycles. The van der Waals surface area contributed by atoms with E-state index < -0.39 is 23.7 Å². The van der Waals surface area contributed by atoms with Crippen LogP contribution in [-0.4, -0.2) is 21.8 Å². The summed E-state index contributed by atoms with van der Waals surface area (Å²) in [6.07, 6.45) is -4.97. The van der Waals surface area contributed by atoms with Gasteiger partial charge < -0.3 is 4.74 Å². The number of alkyl halides is 3. The highest BCUT2D eigenvalue weighted by atomic mass is 19.4. The number of hydrogen-bond acceptors (Lipinski definition) is 4. The van der Waals surface area contributed by atoms with Crippen LogP contribution in [0.3, 0.4) is 0 Å². The number of halogens is 5. The highest BCUT2D eigenvalue weighted by Crippen LogP contribution is 2.34. The van der Waals surface area contributed by atoms with Gasteiger partial charge in [-0.15, -0.1) is 18.3 Å². The molecule has 1 N–H and O–H groups in total. The van der Waals surface area contributed by atoms with Crippen molar-refractivity contribution in [2.45, 2.75) is 6.36 Å². The minimum absolute atomic E-state index is 0.0102. The predicted molar refractivity (Wildman–Crippen MR) is 78.6 cm³/mol. The number of nitriles is 1. The summed E-state index contributed by atoms with van der Waals surface area (Å²) in [4.78, 5) is 0. The monoisotopic (exact) mass is 366 g/mol. The largest absolute Gasteiger partial charge is 0.573 e. The molecule has 0 atom stereocenters. The van der Waals surface area contributed by atoms with Crippen LogP contribution in [0.1, 0.15) is 5.69 Å². The van der Waals surface area contributed by atoms with Crippen molar-refractivity contribution in [1.82, 2.24) is 15.4 Å². The maximum absolute atomic E-state index is 13.5. The topological polar surface area (TPSA) is 74.6 Å². The summed E-state index contributed by atoms with van der Waals surface area (Å²) in [7, 11) is 0. The highest BCUT2D eigenvalue weighted by molar-refractivity contribution is 5.75. The summed E-state index contributed by atoms with van der Waals surface area (Å²) >= 11 is 0. The Morgan fingerprint density at radius 2 is 1.65 bits per heavy atom. The molecule has 2 aromatic carbocycles. The number of rotatable bonds is 3. The molecule has 0 aliphatic carbocycles. The van der Waals surface area contributed by atoms with Gasteiger partial charge in [-0.3, -0.25) is 0 Å². The quantitative estimate of drug-likeness (QED) is 0.706. The average Bonchev–Trinajstić information content (AvgIpc) is 3.04. The third-order valence-corrected chi connectivity index (χ3v) is 3.32. The summed E-state index contributed by atoms with van der Waals surface area (Å²) in [6.45, 7) is 0. The van der Waals surface area contributed by atoms with Gasteiger partial charge in [0, 0.05) is 5.56 Å². The Bertz CT molecular complexity index is 1010. The minimum Gasteiger partial charge on any atom is -0.406 e. The minimum atomic E-state index is -4.97. The van der Waals surface area contributed by atoms with Crippen LogP contribution in [0.15, 0.2) is 36.4 Å². The lowest BCUT2D eigenvalue weighted by molar-refractivity contribution is -0.274. The Morgan fingerprint density at radius 3 is 2.31 bits per heavy atom. The number of aromatic nitrogens is 3. The van der Waals surface area contributed by atoms with Gasteiger partial charge in [0.15, 0.2) is 17.3 Å². The highest BCUT2D eigenvalue weighted by Gasteiger charge is 2.31. The second-order valence-electron chi connectivity index (χ2n) is 5.06. The van der Waals surface area contributed by atoms with Crippen LogP contribution < -0.4 is 4.74 Å². The van der Waals surface area contributed by atoms with Gasteiger partial charge in [0.2, 0.25) is 0 Å². The molecule has 0 fully saturated rings. The molecule has 1 heterocycles. The Balaban J connectivity index is 2.17. The Hall–Kier alpha value is -3.48. The third-order valence-electron chi connectivity index (χ3n) is 3.32. The SMILES string of the molecule is N#Cc1n[nH]nc1-c1cc(OC(F)(F)F)cc(-c2ccc(F)c(F)c2)c1. The molecule has 26 heavy (non-hydrogen) atoms. The van der Waals surface area contributed by atoms with E-state index in [1.54, 1.807) is 6.07 Å². The number of benzene rings is 2. The molecule has 0 aliphatic rings. The van der Waals surface area contributed by atoms with Crippen LogP contribution in [0.5, 0.6) is 5.75 Å². The second-order valence-corrected chi connectivity index (χ2v) is 5.06. The van der Waals surface area contributed by atoms with E-state index in [0.717, 1.165) is 24.3 Å². The van der Waals surface area contributed by atoms with E-state index in [9.17, 15) is 22.0 Å². The molecule has 5 nitrogen and oxygen atoms in total. The van der Waals surface area contributed by atoms with Gasteiger partial charge in [0.1, 0.15) is 17.5 Å². The second kappa shape index (κ2) is 6.44. The number of ether oxygens (including phenoxy) is 1. The molecular formula is C16H7F5N4O. The molecular weight excluding hydrogens is 359 g/mol. The first kappa shape index (κ1) is 17.3.